The lowest BCUT2D eigenvalue weighted by atomic mass is 10.1. The van der Waals surface area contributed by atoms with Crippen molar-refractivity contribution in [1.29, 1.82) is 0 Å². The van der Waals surface area contributed by atoms with Gasteiger partial charge < -0.3 is 10.1 Å². The summed E-state index contributed by atoms with van der Waals surface area (Å²) in [5.41, 5.74) is 0.0993. The molecule has 17 heavy (non-hydrogen) atoms. The van der Waals surface area contributed by atoms with Gasteiger partial charge in [-0.1, -0.05) is 0 Å². The van der Waals surface area contributed by atoms with Crippen LogP contribution in [0.1, 0.15) is 39.9 Å². The Kier molecular flexibility index (Phi) is 5.58. The van der Waals surface area contributed by atoms with Crippen LogP contribution in [0, 0.1) is 0 Å². The molecule has 1 N–H and O–H groups in total. The third kappa shape index (κ3) is 5.79. The van der Waals surface area contributed by atoms with Crippen molar-refractivity contribution in [3.63, 3.8) is 0 Å². The molecule has 0 atom stereocenters. The maximum absolute atomic E-state index is 5.31. The number of aromatic nitrogens is 3. The van der Waals surface area contributed by atoms with Crippen LogP contribution >= 0.6 is 0 Å². The van der Waals surface area contributed by atoms with Gasteiger partial charge in [0.15, 0.2) is 0 Å². The van der Waals surface area contributed by atoms with Crippen molar-refractivity contribution >= 4 is 0 Å². The van der Waals surface area contributed by atoms with Crippen molar-refractivity contribution in [2.24, 2.45) is 0 Å². The standard InChI is InChI=1S/C12H24N4O/c1-5-17-8-6-7-16-11(13-10-15-16)9-14-12(2,3)4/h10,14H,5-9H2,1-4H3. The molecule has 0 fully saturated rings. The van der Waals surface area contributed by atoms with E-state index in [4.69, 9.17) is 4.74 Å². The second-order valence-corrected chi connectivity index (χ2v) is 5.05. The predicted octanol–water partition coefficient (Wildman–Crippen LogP) is 1.59. The molecule has 0 spiro atoms. The lowest BCUT2D eigenvalue weighted by Crippen LogP contribution is -2.36. The highest BCUT2D eigenvalue weighted by atomic mass is 16.5. The second-order valence-electron chi connectivity index (χ2n) is 5.05. The van der Waals surface area contributed by atoms with Gasteiger partial charge in [0.2, 0.25) is 0 Å². The molecule has 0 aliphatic heterocycles. The molecule has 5 heteroatoms. The van der Waals surface area contributed by atoms with Crippen molar-refractivity contribution in [2.45, 2.75) is 52.7 Å². The molecule has 0 aliphatic rings. The lowest BCUT2D eigenvalue weighted by Gasteiger charge is -2.20. The molecule has 1 aromatic heterocycles. The van der Waals surface area contributed by atoms with Crippen molar-refractivity contribution in [3.8, 4) is 0 Å². The third-order valence-corrected chi connectivity index (χ3v) is 2.34. The average Bonchev–Trinajstić information content (AvgIpc) is 2.68. The Bertz CT molecular complexity index is 317. The van der Waals surface area contributed by atoms with Crippen molar-refractivity contribution in [2.75, 3.05) is 13.2 Å². The van der Waals surface area contributed by atoms with E-state index < -0.39 is 0 Å². The topological polar surface area (TPSA) is 52.0 Å². The van der Waals surface area contributed by atoms with Crippen LogP contribution in [-0.4, -0.2) is 33.5 Å². The molecule has 1 aromatic rings. The molecular formula is C12H24N4O. The fourth-order valence-corrected chi connectivity index (χ4v) is 1.42. The van der Waals surface area contributed by atoms with Crippen LogP contribution in [-0.2, 0) is 17.8 Å². The second kappa shape index (κ2) is 6.71. The summed E-state index contributed by atoms with van der Waals surface area (Å²) in [6.45, 7) is 11.6. The molecule has 1 heterocycles. The number of rotatable bonds is 7. The Morgan fingerprint density at radius 3 is 2.82 bits per heavy atom. The minimum Gasteiger partial charge on any atom is -0.382 e. The monoisotopic (exact) mass is 240 g/mol. The van der Waals surface area contributed by atoms with E-state index in [0.29, 0.717) is 0 Å². The summed E-state index contributed by atoms with van der Waals surface area (Å²) in [6.07, 6.45) is 2.58. The van der Waals surface area contributed by atoms with E-state index in [0.717, 1.165) is 38.5 Å². The number of hydrogen-bond donors (Lipinski definition) is 1. The quantitative estimate of drug-likeness (QED) is 0.735. The Morgan fingerprint density at radius 2 is 2.18 bits per heavy atom. The van der Waals surface area contributed by atoms with Gasteiger partial charge in [-0.25, -0.2) is 9.67 Å². The Balaban J connectivity index is 2.37. The number of nitrogens with one attached hydrogen (secondary N) is 1. The maximum atomic E-state index is 5.31. The number of aryl methyl sites for hydroxylation is 1. The van der Waals surface area contributed by atoms with Crippen molar-refractivity contribution < 1.29 is 4.74 Å². The zero-order valence-electron chi connectivity index (χ0n) is 11.4. The van der Waals surface area contributed by atoms with Gasteiger partial charge in [-0.05, 0) is 34.1 Å². The van der Waals surface area contributed by atoms with E-state index in [1.54, 1.807) is 6.33 Å². The highest BCUT2D eigenvalue weighted by Gasteiger charge is 2.11. The van der Waals surface area contributed by atoms with Gasteiger partial charge in [0.25, 0.3) is 0 Å². The van der Waals surface area contributed by atoms with Crippen LogP contribution in [0.15, 0.2) is 6.33 Å². The first-order valence-corrected chi connectivity index (χ1v) is 6.22. The molecule has 98 valence electrons. The molecule has 0 aliphatic carbocycles. The molecule has 0 bridgehead atoms. The summed E-state index contributed by atoms with van der Waals surface area (Å²) in [6, 6.07) is 0. The largest absolute Gasteiger partial charge is 0.382 e. The molecule has 0 unspecified atom stereocenters. The summed E-state index contributed by atoms with van der Waals surface area (Å²) in [7, 11) is 0. The summed E-state index contributed by atoms with van der Waals surface area (Å²) in [5.74, 6) is 0.983. The first-order valence-electron chi connectivity index (χ1n) is 6.22. The van der Waals surface area contributed by atoms with Gasteiger partial charge in [-0.15, -0.1) is 0 Å². The average molecular weight is 240 g/mol. The fraction of sp³-hybridized carbons (Fsp3) is 0.833. The van der Waals surface area contributed by atoms with Gasteiger partial charge in [-0.2, -0.15) is 5.10 Å². The molecule has 0 saturated heterocycles. The van der Waals surface area contributed by atoms with E-state index in [9.17, 15) is 0 Å². The van der Waals surface area contributed by atoms with Crippen LogP contribution in [0.25, 0.3) is 0 Å². The Labute approximate surface area is 104 Å². The van der Waals surface area contributed by atoms with Gasteiger partial charge in [0.05, 0.1) is 6.54 Å². The van der Waals surface area contributed by atoms with Crippen LogP contribution in [0.4, 0.5) is 0 Å². The fourth-order valence-electron chi connectivity index (χ4n) is 1.42. The van der Waals surface area contributed by atoms with E-state index in [1.165, 1.54) is 0 Å². The number of nitrogens with zero attached hydrogens (tertiary/aromatic N) is 3. The van der Waals surface area contributed by atoms with Crippen molar-refractivity contribution in [1.82, 2.24) is 20.1 Å². The first-order chi connectivity index (χ1) is 8.03. The maximum Gasteiger partial charge on any atom is 0.140 e. The molecule has 0 amide bonds. The summed E-state index contributed by atoms with van der Waals surface area (Å²) < 4.78 is 7.25. The third-order valence-electron chi connectivity index (χ3n) is 2.34. The predicted molar refractivity (Wildman–Crippen MR) is 67.7 cm³/mol. The smallest absolute Gasteiger partial charge is 0.140 e. The van der Waals surface area contributed by atoms with E-state index in [2.05, 4.69) is 36.2 Å². The van der Waals surface area contributed by atoms with Crippen LogP contribution < -0.4 is 5.32 Å². The first kappa shape index (κ1) is 14.1. The highest BCUT2D eigenvalue weighted by Crippen LogP contribution is 2.02. The highest BCUT2D eigenvalue weighted by molar-refractivity contribution is 4.86. The summed E-state index contributed by atoms with van der Waals surface area (Å²) in [4.78, 5) is 4.27. The van der Waals surface area contributed by atoms with Gasteiger partial charge in [-0.3, -0.25) is 0 Å². The molecule has 1 rings (SSSR count). The molecule has 0 saturated carbocycles. The zero-order chi connectivity index (χ0) is 12.7. The van der Waals surface area contributed by atoms with Crippen LogP contribution in [0.2, 0.25) is 0 Å². The van der Waals surface area contributed by atoms with Crippen LogP contribution in [0.3, 0.4) is 0 Å². The molecule has 0 radical (unpaired) electrons. The van der Waals surface area contributed by atoms with Crippen LogP contribution in [0.5, 0.6) is 0 Å². The minimum absolute atomic E-state index is 0.0993. The number of ether oxygens (including phenoxy) is 1. The van der Waals surface area contributed by atoms with Crippen molar-refractivity contribution in [3.05, 3.63) is 12.2 Å². The van der Waals surface area contributed by atoms with E-state index in [1.807, 2.05) is 11.6 Å². The summed E-state index contributed by atoms with van der Waals surface area (Å²) in [5, 5.41) is 7.64. The Hall–Kier alpha value is -0.940. The van der Waals surface area contributed by atoms with E-state index >= 15 is 0 Å². The SMILES string of the molecule is CCOCCCn1ncnc1CNC(C)(C)C. The van der Waals surface area contributed by atoms with Gasteiger partial charge in [0.1, 0.15) is 12.2 Å². The summed E-state index contributed by atoms with van der Waals surface area (Å²) >= 11 is 0. The number of hydrogen-bond acceptors (Lipinski definition) is 4. The molecule has 0 aromatic carbocycles. The minimum atomic E-state index is 0.0993. The Morgan fingerprint density at radius 1 is 1.41 bits per heavy atom. The van der Waals surface area contributed by atoms with Gasteiger partial charge >= 0.3 is 0 Å². The molecular weight excluding hydrogens is 216 g/mol. The lowest BCUT2D eigenvalue weighted by molar-refractivity contribution is 0.140. The normalized spacial score (nSPS) is 12.0. The van der Waals surface area contributed by atoms with E-state index in [-0.39, 0.29) is 5.54 Å². The zero-order valence-corrected chi connectivity index (χ0v) is 11.4. The van der Waals surface area contributed by atoms with Gasteiger partial charge in [0, 0.05) is 25.3 Å². The molecule has 5 nitrogen and oxygen atoms in total.